The Morgan fingerprint density at radius 1 is 1.53 bits per heavy atom. The number of aliphatic hydroxyl groups excluding tert-OH is 1. The van der Waals surface area contributed by atoms with Gasteiger partial charge >= 0.3 is 0 Å². The predicted molar refractivity (Wildman–Crippen MR) is 66.5 cm³/mol. The summed E-state index contributed by atoms with van der Waals surface area (Å²) in [5, 5.41) is 9.68. The Bertz CT molecular complexity index is 395. The Morgan fingerprint density at radius 3 is 2.94 bits per heavy atom. The molecule has 94 valence electrons. The van der Waals surface area contributed by atoms with Crippen molar-refractivity contribution in [3.8, 4) is 0 Å². The number of benzene rings is 1. The summed E-state index contributed by atoms with van der Waals surface area (Å²) in [7, 11) is 0. The fourth-order valence-corrected chi connectivity index (χ4v) is 2.35. The Hall–Kier alpha value is -1.13. The lowest BCUT2D eigenvalue weighted by molar-refractivity contribution is 0.154. The smallest absolute Gasteiger partial charge is 0.123 e. The maximum atomic E-state index is 13.2. The van der Waals surface area contributed by atoms with E-state index >= 15 is 0 Å². The normalized spacial score (nSPS) is 22.6. The lowest BCUT2D eigenvalue weighted by Crippen LogP contribution is -2.39. The van der Waals surface area contributed by atoms with Gasteiger partial charge in [0.1, 0.15) is 5.82 Å². The van der Waals surface area contributed by atoms with Crippen LogP contribution >= 0.6 is 0 Å². The Kier molecular flexibility index (Phi) is 3.64. The zero-order valence-electron chi connectivity index (χ0n) is 10.1. The summed E-state index contributed by atoms with van der Waals surface area (Å²) in [6, 6.07) is 4.48. The molecule has 1 aliphatic rings. The Morgan fingerprint density at radius 2 is 2.29 bits per heavy atom. The van der Waals surface area contributed by atoms with Crippen molar-refractivity contribution < 1.29 is 9.50 Å². The standard InChI is InChI=1S/C13H19FN2O/c1-9(15)12-7-10(14)4-5-13(12)16-6-2-3-11(17)8-16/h4-5,7,9,11,17H,2-3,6,8,15H2,1H3/t9-,11?/m1/s1. The van der Waals surface area contributed by atoms with E-state index in [-0.39, 0.29) is 18.0 Å². The zero-order chi connectivity index (χ0) is 12.4. The molecule has 2 atom stereocenters. The number of hydrogen-bond donors (Lipinski definition) is 2. The van der Waals surface area contributed by atoms with Crippen LogP contribution in [0.4, 0.5) is 10.1 Å². The van der Waals surface area contributed by atoms with Crippen molar-refractivity contribution >= 4 is 5.69 Å². The van der Waals surface area contributed by atoms with Crippen molar-refractivity contribution in [2.75, 3.05) is 18.0 Å². The van der Waals surface area contributed by atoms with E-state index in [9.17, 15) is 9.50 Å². The van der Waals surface area contributed by atoms with Crippen molar-refractivity contribution in [3.63, 3.8) is 0 Å². The monoisotopic (exact) mass is 238 g/mol. The van der Waals surface area contributed by atoms with Crippen LogP contribution in [0.1, 0.15) is 31.4 Å². The maximum absolute atomic E-state index is 13.2. The average Bonchev–Trinajstić information content (AvgIpc) is 2.28. The number of aliphatic hydroxyl groups is 1. The van der Waals surface area contributed by atoms with Crippen molar-refractivity contribution in [1.29, 1.82) is 0 Å². The highest BCUT2D eigenvalue weighted by Gasteiger charge is 2.21. The van der Waals surface area contributed by atoms with Crippen LogP contribution in [0.5, 0.6) is 0 Å². The number of nitrogens with zero attached hydrogens (tertiary/aromatic N) is 1. The number of piperidine rings is 1. The van der Waals surface area contributed by atoms with Gasteiger partial charge in [-0.15, -0.1) is 0 Å². The molecule has 3 nitrogen and oxygen atoms in total. The van der Waals surface area contributed by atoms with Crippen molar-refractivity contribution in [3.05, 3.63) is 29.6 Å². The summed E-state index contributed by atoms with van der Waals surface area (Å²) in [5.41, 5.74) is 7.62. The lowest BCUT2D eigenvalue weighted by Gasteiger charge is -2.34. The molecular weight excluding hydrogens is 219 g/mol. The molecule has 0 radical (unpaired) electrons. The van der Waals surface area contributed by atoms with Crippen LogP contribution < -0.4 is 10.6 Å². The molecule has 1 fully saturated rings. The molecule has 1 aromatic rings. The number of halogens is 1. The molecule has 1 aliphatic heterocycles. The molecule has 2 rings (SSSR count). The summed E-state index contributed by atoms with van der Waals surface area (Å²) < 4.78 is 13.2. The molecule has 0 saturated carbocycles. The SMILES string of the molecule is C[C@@H](N)c1cc(F)ccc1N1CCCC(O)C1. The van der Waals surface area contributed by atoms with Gasteiger partial charge in [0.2, 0.25) is 0 Å². The number of β-amino-alcohol motifs (C(OH)–C–C–N with tert-alkyl or cyclic N) is 1. The summed E-state index contributed by atoms with van der Waals surface area (Å²) in [4.78, 5) is 2.09. The zero-order valence-corrected chi connectivity index (χ0v) is 10.1. The molecule has 0 spiro atoms. The minimum absolute atomic E-state index is 0.209. The van der Waals surface area contributed by atoms with Gasteiger partial charge in [-0.1, -0.05) is 0 Å². The largest absolute Gasteiger partial charge is 0.391 e. The minimum Gasteiger partial charge on any atom is -0.391 e. The van der Waals surface area contributed by atoms with Gasteiger partial charge in [0, 0.05) is 24.8 Å². The van der Waals surface area contributed by atoms with Crippen molar-refractivity contribution in [2.24, 2.45) is 5.73 Å². The molecule has 1 heterocycles. The second kappa shape index (κ2) is 5.02. The molecule has 3 N–H and O–H groups in total. The quantitative estimate of drug-likeness (QED) is 0.826. The molecular formula is C13H19FN2O. The number of anilines is 1. The van der Waals surface area contributed by atoms with Gasteiger partial charge in [0.05, 0.1) is 6.10 Å². The van der Waals surface area contributed by atoms with Crippen LogP contribution in [0.15, 0.2) is 18.2 Å². The summed E-state index contributed by atoms with van der Waals surface area (Å²) >= 11 is 0. The average molecular weight is 238 g/mol. The van der Waals surface area contributed by atoms with E-state index in [1.807, 2.05) is 6.92 Å². The minimum atomic E-state index is -0.297. The molecule has 1 unspecified atom stereocenters. The third-order valence-corrected chi connectivity index (χ3v) is 3.22. The van der Waals surface area contributed by atoms with E-state index in [1.165, 1.54) is 12.1 Å². The van der Waals surface area contributed by atoms with Gasteiger partial charge in [-0.25, -0.2) is 4.39 Å². The lowest BCUT2D eigenvalue weighted by atomic mass is 10.0. The number of hydrogen-bond acceptors (Lipinski definition) is 3. The number of rotatable bonds is 2. The second-order valence-electron chi connectivity index (χ2n) is 4.73. The van der Waals surface area contributed by atoms with Crippen LogP contribution in [0.25, 0.3) is 0 Å². The highest BCUT2D eigenvalue weighted by Crippen LogP contribution is 2.28. The Balaban J connectivity index is 2.30. The predicted octanol–water partition coefficient (Wildman–Crippen LogP) is 1.81. The van der Waals surface area contributed by atoms with Gasteiger partial charge in [0.25, 0.3) is 0 Å². The fraction of sp³-hybridized carbons (Fsp3) is 0.538. The molecule has 0 aliphatic carbocycles. The molecule has 0 aromatic heterocycles. The summed E-state index contributed by atoms with van der Waals surface area (Å²) in [6.45, 7) is 3.34. The van der Waals surface area contributed by atoms with Crippen LogP contribution in [-0.4, -0.2) is 24.3 Å². The fourth-order valence-electron chi connectivity index (χ4n) is 2.35. The van der Waals surface area contributed by atoms with Crippen LogP contribution in [0, 0.1) is 5.82 Å². The number of nitrogens with two attached hydrogens (primary N) is 1. The van der Waals surface area contributed by atoms with Crippen LogP contribution in [0.3, 0.4) is 0 Å². The van der Waals surface area contributed by atoms with E-state index < -0.39 is 0 Å². The highest BCUT2D eigenvalue weighted by molar-refractivity contribution is 5.55. The maximum Gasteiger partial charge on any atom is 0.123 e. The van der Waals surface area contributed by atoms with E-state index in [4.69, 9.17) is 5.73 Å². The Labute approximate surface area is 101 Å². The summed E-state index contributed by atoms with van der Waals surface area (Å²) in [6.07, 6.45) is 1.50. The highest BCUT2D eigenvalue weighted by atomic mass is 19.1. The molecule has 17 heavy (non-hydrogen) atoms. The van der Waals surface area contributed by atoms with Gasteiger partial charge < -0.3 is 15.7 Å². The van der Waals surface area contributed by atoms with E-state index in [2.05, 4.69) is 4.90 Å². The topological polar surface area (TPSA) is 49.5 Å². The van der Waals surface area contributed by atoms with E-state index in [0.717, 1.165) is 30.6 Å². The van der Waals surface area contributed by atoms with Gasteiger partial charge in [-0.3, -0.25) is 0 Å². The molecule has 4 heteroatoms. The second-order valence-corrected chi connectivity index (χ2v) is 4.73. The first-order chi connectivity index (χ1) is 8.08. The third kappa shape index (κ3) is 2.76. The molecule has 1 saturated heterocycles. The third-order valence-electron chi connectivity index (χ3n) is 3.22. The van der Waals surface area contributed by atoms with Crippen LogP contribution in [0.2, 0.25) is 0 Å². The van der Waals surface area contributed by atoms with Gasteiger partial charge in [0.15, 0.2) is 0 Å². The van der Waals surface area contributed by atoms with Crippen molar-refractivity contribution in [2.45, 2.75) is 31.9 Å². The van der Waals surface area contributed by atoms with Gasteiger partial charge in [-0.2, -0.15) is 0 Å². The van der Waals surface area contributed by atoms with Gasteiger partial charge in [-0.05, 0) is 43.5 Å². The molecule has 1 aromatic carbocycles. The first-order valence-corrected chi connectivity index (χ1v) is 6.06. The molecule has 0 bridgehead atoms. The first-order valence-electron chi connectivity index (χ1n) is 6.06. The summed E-state index contributed by atoms with van der Waals surface area (Å²) in [5.74, 6) is -0.265. The first kappa shape index (κ1) is 12.3. The van der Waals surface area contributed by atoms with E-state index in [1.54, 1.807) is 6.07 Å². The van der Waals surface area contributed by atoms with Crippen molar-refractivity contribution in [1.82, 2.24) is 0 Å². The van der Waals surface area contributed by atoms with Crippen LogP contribution in [-0.2, 0) is 0 Å². The van der Waals surface area contributed by atoms with E-state index in [0.29, 0.717) is 6.54 Å². The molecule has 0 amide bonds.